The maximum Gasteiger partial charge on any atom is 0.0587 e. The molecular weight excluding hydrogens is 214 g/mol. The van der Waals surface area contributed by atoms with Crippen LogP contribution >= 0.6 is 0 Å². The van der Waals surface area contributed by atoms with E-state index >= 15 is 0 Å². The summed E-state index contributed by atoms with van der Waals surface area (Å²) >= 11 is 0. The largest absolute Gasteiger partial charge is 0.383 e. The van der Waals surface area contributed by atoms with Gasteiger partial charge in [0.05, 0.1) is 13.2 Å². The van der Waals surface area contributed by atoms with E-state index < -0.39 is 0 Å². The third-order valence-electron chi connectivity index (χ3n) is 3.47. The zero-order valence-electron chi connectivity index (χ0n) is 11.9. The van der Waals surface area contributed by atoms with E-state index in [0.29, 0.717) is 11.3 Å². The van der Waals surface area contributed by atoms with Crippen molar-refractivity contribution in [3.05, 3.63) is 0 Å². The SMILES string of the molecule is COCCNCC(COCC1CC1)C(C)(C)C. The number of hydrogen-bond donors (Lipinski definition) is 1. The number of methoxy groups -OCH3 is 1. The third-order valence-corrected chi connectivity index (χ3v) is 3.47. The lowest BCUT2D eigenvalue weighted by Crippen LogP contribution is -2.36. The van der Waals surface area contributed by atoms with Gasteiger partial charge in [0.15, 0.2) is 0 Å². The van der Waals surface area contributed by atoms with Gasteiger partial charge in [0.2, 0.25) is 0 Å². The maximum atomic E-state index is 5.83. The van der Waals surface area contributed by atoms with E-state index in [9.17, 15) is 0 Å². The highest BCUT2D eigenvalue weighted by Gasteiger charge is 2.26. The Morgan fingerprint density at radius 1 is 1.29 bits per heavy atom. The minimum absolute atomic E-state index is 0.295. The number of nitrogens with one attached hydrogen (secondary N) is 1. The lowest BCUT2D eigenvalue weighted by atomic mass is 9.81. The first-order valence-corrected chi connectivity index (χ1v) is 6.81. The summed E-state index contributed by atoms with van der Waals surface area (Å²) in [6.07, 6.45) is 2.73. The molecular formula is C14H29NO2. The van der Waals surface area contributed by atoms with Crippen LogP contribution in [0.3, 0.4) is 0 Å². The number of hydrogen-bond acceptors (Lipinski definition) is 3. The second-order valence-electron chi connectivity index (χ2n) is 6.24. The van der Waals surface area contributed by atoms with Crippen molar-refractivity contribution in [1.82, 2.24) is 5.32 Å². The van der Waals surface area contributed by atoms with Crippen molar-refractivity contribution < 1.29 is 9.47 Å². The average Bonchev–Trinajstić information content (AvgIpc) is 3.04. The Morgan fingerprint density at radius 3 is 2.53 bits per heavy atom. The summed E-state index contributed by atoms with van der Waals surface area (Å²) in [4.78, 5) is 0. The first-order valence-electron chi connectivity index (χ1n) is 6.81. The van der Waals surface area contributed by atoms with E-state index in [2.05, 4.69) is 26.1 Å². The molecule has 0 bridgehead atoms. The van der Waals surface area contributed by atoms with E-state index in [1.54, 1.807) is 7.11 Å². The summed E-state index contributed by atoms with van der Waals surface area (Å²) in [5.41, 5.74) is 0.295. The summed E-state index contributed by atoms with van der Waals surface area (Å²) < 4.78 is 10.9. The van der Waals surface area contributed by atoms with Gasteiger partial charge in [0.25, 0.3) is 0 Å². The van der Waals surface area contributed by atoms with Gasteiger partial charge in [-0.3, -0.25) is 0 Å². The molecule has 0 saturated heterocycles. The molecule has 0 radical (unpaired) electrons. The van der Waals surface area contributed by atoms with E-state index in [-0.39, 0.29) is 0 Å². The predicted octanol–water partition coefficient (Wildman–Crippen LogP) is 2.31. The van der Waals surface area contributed by atoms with Crippen molar-refractivity contribution in [1.29, 1.82) is 0 Å². The smallest absolute Gasteiger partial charge is 0.0587 e. The van der Waals surface area contributed by atoms with Crippen molar-refractivity contribution in [2.24, 2.45) is 17.3 Å². The van der Waals surface area contributed by atoms with Gasteiger partial charge in [0, 0.05) is 26.8 Å². The zero-order chi connectivity index (χ0) is 12.7. The van der Waals surface area contributed by atoms with Crippen molar-refractivity contribution in [3.8, 4) is 0 Å². The molecule has 0 aromatic carbocycles. The fourth-order valence-corrected chi connectivity index (χ4v) is 1.73. The summed E-state index contributed by atoms with van der Waals surface area (Å²) in [5, 5.41) is 3.44. The van der Waals surface area contributed by atoms with Gasteiger partial charge in [-0.15, -0.1) is 0 Å². The van der Waals surface area contributed by atoms with Gasteiger partial charge in [-0.05, 0) is 30.1 Å². The highest BCUT2D eigenvalue weighted by atomic mass is 16.5. The Labute approximate surface area is 106 Å². The van der Waals surface area contributed by atoms with Gasteiger partial charge >= 0.3 is 0 Å². The van der Waals surface area contributed by atoms with Gasteiger partial charge < -0.3 is 14.8 Å². The molecule has 3 nitrogen and oxygen atoms in total. The van der Waals surface area contributed by atoms with Crippen LogP contribution < -0.4 is 5.32 Å². The predicted molar refractivity (Wildman–Crippen MR) is 71.2 cm³/mol. The molecule has 1 atom stereocenters. The van der Waals surface area contributed by atoms with E-state index in [4.69, 9.17) is 9.47 Å². The number of ether oxygens (including phenoxy) is 2. The monoisotopic (exact) mass is 243 g/mol. The van der Waals surface area contributed by atoms with Gasteiger partial charge in [-0.25, -0.2) is 0 Å². The Hall–Kier alpha value is -0.120. The van der Waals surface area contributed by atoms with Crippen LogP contribution in [0.25, 0.3) is 0 Å². The molecule has 17 heavy (non-hydrogen) atoms. The molecule has 0 spiro atoms. The van der Waals surface area contributed by atoms with Crippen LogP contribution in [0.4, 0.5) is 0 Å². The first-order chi connectivity index (χ1) is 8.04. The Bertz CT molecular complexity index is 197. The summed E-state index contributed by atoms with van der Waals surface area (Å²) in [5.74, 6) is 1.43. The zero-order valence-corrected chi connectivity index (χ0v) is 11.9. The van der Waals surface area contributed by atoms with Crippen molar-refractivity contribution >= 4 is 0 Å². The van der Waals surface area contributed by atoms with Crippen molar-refractivity contribution in [2.75, 3.05) is 40.0 Å². The minimum Gasteiger partial charge on any atom is -0.383 e. The molecule has 3 heteroatoms. The summed E-state index contributed by atoms with van der Waals surface area (Å²) in [6.45, 7) is 11.4. The van der Waals surface area contributed by atoms with Crippen LogP contribution in [0.5, 0.6) is 0 Å². The van der Waals surface area contributed by atoms with Gasteiger partial charge in [-0.1, -0.05) is 20.8 Å². The van der Waals surface area contributed by atoms with Crippen molar-refractivity contribution in [3.63, 3.8) is 0 Å². The normalized spacial score (nSPS) is 18.4. The van der Waals surface area contributed by atoms with E-state index in [0.717, 1.165) is 38.8 Å². The summed E-state index contributed by atoms with van der Waals surface area (Å²) in [6, 6.07) is 0. The molecule has 1 fully saturated rings. The summed E-state index contributed by atoms with van der Waals surface area (Å²) in [7, 11) is 1.74. The minimum atomic E-state index is 0.295. The number of rotatable bonds is 9. The quantitative estimate of drug-likeness (QED) is 0.630. The lowest BCUT2D eigenvalue weighted by Gasteiger charge is -2.31. The van der Waals surface area contributed by atoms with Crippen LogP contribution in [0.1, 0.15) is 33.6 Å². The molecule has 1 saturated carbocycles. The van der Waals surface area contributed by atoms with E-state index in [1.807, 2.05) is 0 Å². The molecule has 1 aliphatic carbocycles. The molecule has 1 aliphatic rings. The van der Waals surface area contributed by atoms with Crippen LogP contribution in [-0.2, 0) is 9.47 Å². The van der Waals surface area contributed by atoms with Gasteiger partial charge in [0.1, 0.15) is 0 Å². The first kappa shape index (κ1) is 14.9. The second-order valence-corrected chi connectivity index (χ2v) is 6.24. The molecule has 102 valence electrons. The highest BCUT2D eigenvalue weighted by Crippen LogP contribution is 2.30. The average molecular weight is 243 g/mol. The Morgan fingerprint density at radius 2 is 2.00 bits per heavy atom. The molecule has 0 aromatic heterocycles. The molecule has 1 unspecified atom stereocenters. The van der Waals surface area contributed by atoms with Crippen LogP contribution in [0, 0.1) is 17.3 Å². The molecule has 1 N–H and O–H groups in total. The van der Waals surface area contributed by atoms with Gasteiger partial charge in [-0.2, -0.15) is 0 Å². The van der Waals surface area contributed by atoms with Crippen LogP contribution in [0.2, 0.25) is 0 Å². The fraction of sp³-hybridized carbons (Fsp3) is 1.00. The van der Waals surface area contributed by atoms with E-state index in [1.165, 1.54) is 12.8 Å². The highest BCUT2D eigenvalue weighted by molar-refractivity contribution is 4.77. The fourth-order valence-electron chi connectivity index (χ4n) is 1.73. The van der Waals surface area contributed by atoms with Crippen molar-refractivity contribution in [2.45, 2.75) is 33.6 Å². The standard InChI is InChI=1S/C14H29NO2/c1-14(2,3)13(9-15-7-8-16-4)11-17-10-12-5-6-12/h12-13,15H,5-11H2,1-4H3. The Balaban J connectivity index is 2.16. The molecule has 0 heterocycles. The topological polar surface area (TPSA) is 30.5 Å². The maximum absolute atomic E-state index is 5.83. The second kappa shape index (κ2) is 7.34. The van der Waals surface area contributed by atoms with Crippen LogP contribution in [-0.4, -0.2) is 40.0 Å². The molecule has 0 aliphatic heterocycles. The Kier molecular flexibility index (Phi) is 6.45. The molecule has 1 rings (SSSR count). The van der Waals surface area contributed by atoms with Crippen LogP contribution in [0.15, 0.2) is 0 Å². The molecule has 0 amide bonds. The molecule has 0 aromatic rings. The third kappa shape index (κ3) is 7.02. The lowest BCUT2D eigenvalue weighted by molar-refractivity contribution is 0.0489.